The number of ether oxygens (including phenoxy) is 2. The number of amides is 1. The number of nitrogens with zero attached hydrogens (tertiary/aromatic N) is 2. The molecule has 1 unspecified atom stereocenters. The van der Waals surface area contributed by atoms with Crippen LogP contribution in [0.3, 0.4) is 0 Å². The molecule has 1 saturated heterocycles. The topological polar surface area (TPSA) is 42.0 Å². The minimum Gasteiger partial charge on any atom is -0.486 e. The van der Waals surface area contributed by atoms with Crippen molar-refractivity contribution in [1.29, 1.82) is 0 Å². The van der Waals surface area contributed by atoms with Gasteiger partial charge in [-0.05, 0) is 42.0 Å². The van der Waals surface area contributed by atoms with Gasteiger partial charge in [-0.25, -0.2) is 0 Å². The first-order valence-corrected chi connectivity index (χ1v) is 10.6. The summed E-state index contributed by atoms with van der Waals surface area (Å²) >= 11 is 0. The van der Waals surface area contributed by atoms with Gasteiger partial charge in [-0.15, -0.1) is 0 Å². The van der Waals surface area contributed by atoms with Gasteiger partial charge in [-0.2, -0.15) is 0 Å². The third-order valence-corrected chi connectivity index (χ3v) is 6.07. The van der Waals surface area contributed by atoms with Gasteiger partial charge in [0, 0.05) is 24.7 Å². The highest BCUT2D eigenvalue weighted by molar-refractivity contribution is 5.95. The molecule has 2 aliphatic rings. The Hall–Kier alpha value is -3.21. The maximum atomic E-state index is 13.3. The van der Waals surface area contributed by atoms with E-state index < -0.39 is 0 Å². The lowest BCUT2D eigenvalue weighted by atomic mass is 10.0. The van der Waals surface area contributed by atoms with E-state index in [2.05, 4.69) is 35.2 Å². The van der Waals surface area contributed by atoms with E-state index in [0.717, 1.165) is 42.1 Å². The number of carbonyl (C=O) groups excluding carboxylic acids is 1. The number of rotatable bonds is 4. The normalized spacial score (nSPS) is 17.9. The molecule has 2 aliphatic heterocycles. The van der Waals surface area contributed by atoms with Gasteiger partial charge in [0.2, 0.25) is 5.91 Å². The smallest absolute Gasteiger partial charge is 0.242 e. The largest absolute Gasteiger partial charge is 0.486 e. The van der Waals surface area contributed by atoms with E-state index >= 15 is 0 Å². The number of likely N-dealkylation sites (N-methyl/N-ethyl adjacent to an activating group) is 1. The van der Waals surface area contributed by atoms with E-state index in [4.69, 9.17) is 9.47 Å². The molecule has 0 radical (unpaired) electrons. The number of fused-ring (bicyclic) bond motifs is 2. The van der Waals surface area contributed by atoms with Crippen LogP contribution in [0.5, 0.6) is 11.5 Å². The molecule has 1 amide bonds. The molecule has 3 aromatic rings. The van der Waals surface area contributed by atoms with Crippen LogP contribution < -0.4 is 14.4 Å². The van der Waals surface area contributed by atoms with Crippen LogP contribution in [0.15, 0.2) is 60.7 Å². The number of hydrogen-bond donors (Lipinski definition) is 0. The molecule has 30 heavy (non-hydrogen) atoms. The van der Waals surface area contributed by atoms with E-state index in [0.29, 0.717) is 19.8 Å². The maximum absolute atomic E-state index is 13.3. The highest BCUT2D eigenvalue weighted by Crippen LogP contribution is 2.38. The van der Waals surface area contributed by atoms with Crippen LogP contribution in [-0.2, 0) is 4.79 Å². The average Bonchev–Trinajstić information content (AvgIpc) is 3.28. The molecule has 5 rings (SSSR count). The molecule has 5 nitrogen and oxygen atoms in total. The van der Waals surface area contributed by atoms with Crippen molar-refractivity contribution in [2.24, 2.45) is 0 Å². The zero-order valence-electron chi connectivity index (χ0n) is 17.2. The molecule has 1 fully saturated rings. The van der Waals surface area contributed by atoms with Crippen molar-refractivity contribution in [2.75, 3.05) is 38.3 Å². The summed E-state index contributed by atoms with van der Waals surface area (Å²) in [6, 6.07) is 20.7. The third-order valence-electron chi connectivity index (χ3n) is 6.07. The molecule has 0 spiro atoms. The average molecular weight is 402 g/mol. The summed E-state index contributed by atoms with van der Waals surface area (Å²) in [4.78, 5) is 17.3. The van der Waals surface area contributed by atoms with Gasteiger partial charge in [0.25, 0.3) is 0 Å². The van der Waals surface area contributed by atoms with Crippen molar-refractivity contribution in [1.82, 2.24) is 4.90 Å². The second-order valence-corrected chi connectivity index (χ2v) is 8.00. The lowest BCUT2D eigenvalue weighted by Crippen LogP contribution is -2.38. The molecule has 3 aromatic carbocycles. The first-order chi connectivity index (χ1) is 14.7. The van der Waals surface area contributed by atoms with Crippen LogP contribution in [0.2, 0.25) is 0 Å². The molecule has 1 atom stereocenters. The molecule has 2 heterocycles. The Kier molecular flexibility index (Phi) is 4.95. The van der Waals surface area contributed by atoms with Gasteiger partial charge in [0.15, 0.2) is 11.5 Å². The Morgan fingerprint density at radius 2 is 1.83 bits per heavy atom. The van der Waals surface area contributed by atoms with Gasteiger partial charge in [0.05, 0.1) is 12.6 Å². The fourth-order valence-electron chi connectivity index (χ4n) is 4.60. The Balaban J connectivity index is 1.35. The quantitative estimate of drug-likeness (QED) is 0.648. The minimum absolute atomic E-state index is 0.0919. The molecule has 0 saturated carbocycles. The highest BCUT2D eigenvalue weighted by Gasteiger charge is 2.31. The Morgan fingerprint density at radius 1 is 1.03 bits per heavy atom. The van der Waals surface area contributed by atoms with Crippen LogP contribution in [0, 0.1) is 0 Å². The summed E-state index contributed by atoms with van der Waals surface area (Å²) in [5.41, 5.74) is 2.20. The van der Waals surface area contributed by atoms with Crippen LogP contribution in [0.4, 0.5) is 5.69 Å². The highest BCUT2D eigenvalue weighted by atomic mass is 16.6. The summed E-state index contributed by atoms with van der Waals surface area (Å²) in [5, 5.41) is 2.35. The standard InChI is InChI=1S/C25H26N2O3/c1-26(22-9-4-7-18-6-2-3-8-20(18)22)17-25(28)27-13-5-10-21(27)19-11-12-23-24(16-19)30-15-14-29-23/h2-4,6-9,11-12,16,21H,5,10,13-15,17H2,1H3. The van der Waals surface area contributed by atoms with Crippen molar-refractivity contribution in [3.63, 3.8) is 0 Å². The predicted molar refractivity (Wildman–Crippen MR) is 118 cm³/mol. The predicted octanol–water partition coefficient (Wildman–Crippen LogP) is 4.41. The number of likely N-dealkylation sites (tertiary alicyclic amines) is 1. The van der Waals surface area contributed by atoms with Crippen LogP contribution in [-0.4, -0.2) is 44.2 Å². The van der Waals surface area contributed by atoms with Gasteiger partial charge >= 0.3 is 0 Å². The van der Waals surface area contributed by atoms with Crippen LogP contribution in [0.25, 0.3) is 10.8 Å². The molecule has 0 aliphatic carbocycles. The number of hydrogen-bond acceptors (Lipinski definition) is 4. The van der Waals surface area contributed by atoms with Crippen molar-refractivity contribution >= 4 is 22.4 Å². The summed E-state index contributed by atoms with van der Waals surface area (Å²) in [7, 11) is 1.99. The van der Waals surface area contributed by atoms with E-state index in [9.17, 15) is 4.79 Å². The Labute approximate surface area is 176 Å². The fraction of sp³-hybridized carbons (Fsp3) is 0.320. The molecule has 0 aromatic heterocycles. The summed E-state index contributed by atoms with van der Waals surface area (Å²) in [5.74, 6) is 1.73. The lowest BCUT2D eigenvalue weighted by Gasteiger charge is -2.29. The number of carbonyl (C=O) groups is 1. The summed E-state index contributed by atoms with van der Waals surface area (Å²) in [6.45, 7) is 2.30. The second kappa shape index (κ2) is 7.90. The van der Waals surface area contributed by atoms with Gasteiger partial charge < -0.3 is 19.3 Å². The molecule has 5 heteroatoms. The van der Waals surface area contributed by atoms with E-state index in [1.165, 1.54) is 10.8 Å². The van der Waals surface area contributed by atoms with Gasteiger partial charge in [-0.3, -0.25) is 4.79 Å². The number of benzene rings is 3. The molecular weight excluding hydrogens is 376 g/mol. The maximum Gasteiger partial charge on any atom is 0.242 e. The summed E-state index contributed by atoms with van der Waals surface area (Å²) < 4.78 is 11.4. The monoisotopic (exact) mass is 402 g/mol. The van der Waals surface area contributed by atoms with Gasteiger partial charge in [-0.1, -0.05) is 42.5 Å². The van der Waals surface area contributed by atoms with Crippen molar-refractivity contribution < 1.29 is 14.3 Å². The Bertz CT molecular complexity index is 1080. The van der Waals surface area contributed by atoms with Crippen molar-refractivity contribution in [2.45, 2.75) is 18.9 Å². The SMILES string of the molecule is CN(CC(=O)N1CCCC1c1ccc2c(c1)OCCO2)c1cccc2ccccc12. The first-order valence-electron chi connectivity index (χ1n) is 10.6. The molecule has 0 N–H and O–H groups in total. The number of anilines is 1. The third kappa shape index (κ3) is 3.45. The van der Waals surface area contributed by atoms with Gasteiger partial charge in [0.1, 0.15) is 13.2 Å². The van der Waals surface area contributed by atoms with Crippen LogP contribution >= 0.6 is 0 Å². The van der Waals surface area contributed by atoms with Crippen LogP contribution in [0.1, 0.15) is 24.4 Å². The van der Waals surface area contributed by atoms with Crippen molar-refractivity contribution in [3.05, 3.63) is 66.2 Å². The molecular formula is C25H26N2O3. The Morgan fingerprint density at radius 3 is 2.73 bits per heavy atom. The first kappa shape index (κ1) is 18.8. The fourth-order valence-corrected chi connectivity index (χ4v) is 4.60. The minimum atomic E-state index is 0.0919. The molecule has 0 bridgehead atoms. The van der Waals surface area contributed by atoms with E-state index in [1.54, 1.807) is 0 Å². The zero-order valence-corrected chi connectivity index (χ0v) is 17.2. The van der Waals surface area contributed by atoms with Crippen molar-refractivity contribution in [3.8, 4) is 11.5 Å². The summed E-state index contributed by atoms with van der Waals surface area (Å²) in [6.07, 6.45) is 1.99. The second-order valence-electron chi connectivity index (χ2n) is 8.00. The lowest BCUT2D eigenvalue weighted by molar-refractivity contribution is -0.130. The van der Waals surface area contributed by atoms with E-state index in [1.807, 2.05) is 42.3 Å². The zero-order chi connectivity index (χ0) is 20.5. The van der Waals surface area contributed by atoms with E-state index in [-0.39, 0.29) is 11.9 Å². The molecule has 154 valence electrons.